The smallest absolute Gasteiger partial charge is 0.146 e. The number of hydrogen-bond acceptors (Lipinski definition) is 3. The van der Waals surface area contributed by atoms with Gasteiger partial charge in [-0.3, -0.25) is 0 Å². The first kappa shape index (κ1) is 13.3. The fraction of sp³-hybridized carbons (Fsp3) is 0.571. The van der Waals surface area contributed by atoms with Crippen molar-refractivity contribution in [3.05, 3.63) is 29.6 Å². The van der Waals surface area contributed by atoms with Crippen molar-refractivity contribution in [2.24, 2.45) is 5.73 Å². The first-order chi connectivity index (χ1) is 8.49. The Hall–Kier alpha value is -1.13. The van der Waals surface area contributed by atoms with Crippen molar-refractivity contribution in [3.63, 3.8) is 0 Å². The van der Waals surface area contributed by atoms with Gasteiger partial charge in [0.15, 0.2) is 0 Å². The lowest BCUT2D eigenvalue weighted by Gasteiger charge is -2.38. The first-order valence-corrected chi connectivity index (χ1v) is 6.43. The lowest BCUT2D eigenvalue weighted by molar-refractivity contribution is -0.00545. The van der Waals surface area contributed by atoms with E-state index in [2.05, 4.69) is 0 Å². The Morgan fingerprint density at radius 2 is 1.94 bits per heavy atom. The van der Waals surface area contributed by atoms with Crippen LogP contribution in [0, 0.1) is 5.82 Å². The highest BCUT2D eigenvalue weighted by atomic mass is 19.1. The number of para-hydroxylation sites is 1. The predicted octanol–water partition coefficient (Wildman–Crippen LogP) is 2.46. The predicted molar refractivity (Wildman–Crippen MR) is 71.2 cm³/mol. The third-order valence-electron chi connectivity index (χ3n) is 3.24. The summed E-state index contributed by atoms with van der Waals surface area (Å²) in [6.45, 7) is 7.30. The molecular weight excluding hydrogens is 231 g/mol. The molecule has 1 heterocycles. The van der Waals surface area contributed by atoms with Gasteiger partial charge in [0.25, 0.3) is 0 Å². The molecule has 1 aliphatic rings. The summed E-state index contributed by atoms with van der Waals surface area (Å²) >= 11 is 0. The quantitative estimate of drug-likeness (QED) is 0.878. The molecule has 1 aliphatic heterocycles. The molecule has 2 rings (SSSR count). The van der Waals surface area contributed by atoms with Gasteiger partial charge >= 0.3 is 0 Å². The molecule has 0 bridgehead atoms. The molecule has 0 spiro atoms. The van der Waals surface area contributed by atoms with Crippen LogP contribution < -0.4 is 10.6 Å². The van der Waals surface area contributed by atoms with E-state index in [0.29, 0.717) is 18.8 Å². The van der Waals surface area contributed by atoms with Crippen LogP contribution in [-0.4, -0.2) is 25.3 Å². The minimum atomic E-state index is -0.203. The molecule has 1 aromatic rings. The topological polar surface area (TPSA) is 38.5 Å². The van der Waals surface area contributed by atoms with Crippen molar-refractivity contribution in [2.75, 3.05) is 18.0 Å². The van der Waals surface area contributed by atoms with Gasteiger partial charge in [0.05, 0.1) is 17.9 Å². The number of morpholine rings is 1. The highest BCUT2D eigenvalue weighted by Crippen LogP contribution is 2.30. The molecule has 1 fully saturated rings. The van der Waals surface area contributed by atoms with Gasteiger partial charge in [0.2, 0.25) is 0 Å². The van der Waals surface area contributed by atoms with Crippen molar-refractivity contribution < 1.29 is 9.13 Å². The van der Waals surface area contributed by atoms with Crippen LogP contribution in [0.3, 0.4) is 0 Å². The molecule has 0 amide bonds. The third kappa shape index (κ3) is 2.65. The molecular formula is C14H21FN2O. The molecule has 3 nitrogen and oxygen atoms in total. The summed E-state index contributed by atoms with van der Waals surface area (Å²) in [5, 5.41) is 0. The maximum Gasteiger partial charge on any atom is 0.146 e. The van der Waals surface area contributed by atoms with Gasteiger partial charge < -0.3 is 15.4 Å². The lowest BCUT2D eigenvalue weighted by Crippen LogP contribution is -2.46. The summed E-state index contributed by atoms with van der Waals surface area (Å²) in [6.07, 6.45) is 0.212. The second-order valence-electron chi connectivity index (χ2n) is 5.13. The van der Waals surface area contributed by atoms with Crippen LogP contribution in [0.2, 0.25) is 0 Å². The minimum Gasteiger partial charge on any atom is -0.372 e. The van der Waals surface area contributed by atoms with Crippen LogP contribution in [0.4, 0.5) is 10.1 Å². The Morgan fingerprint density at radius 3 is 2.50 bits per heavy atom. The molecule has 2 N–H and O–H groups in total. The Bertz CT molecular complexity index is 412. The minimum absolute atomic E-state index is 0.106. The van der Waals surface area contributed by atoms with Gasteiger partial charge in [-0.05, 0) is 32.4 Å². The van der Waals surface area contributed by atoms with Crippen LogP contribution in [0.5, 0.6) is 0 Å². The molecule has 3 atom stereocenters. The molecule has 0 aliphatic carbocycles. The summed E-state index contributed by atoms with van der Waals surface area (Å²) < 4.78 is 19.8. The molecule has 0 aromatic heterocycles. The van der Waals surface area contributed by atoms with E-state index in [1.165, 1.54) is 6.07 Å². The van der Waals surface area contributed by atoms with E-state index in [1.807, 2.05) is 31.7 Å². The molecule has 100 valence electrons. The Morgan fingerprint density at radius 1 is 1.33 bits per heavy atom. The standard InChI is InChI=1S/C14H21FN2O/c1-9-7-17(8-10(2)18-9)14-12(11(3)16)5-4-6-13(14)15/h4-6,9-11H,7-8,16H2,1-3H3/t9?,10?,11-/m1/s1. The second-order valence-corrected chi connectivity index (χ2v) is 5.13. The lowest BCUT2D eigenvalue weighted by atomic mass is 10.0. The van der Waals surface area contributed by atoms with Crippen LogP contribution in [-0.2, 0) is 4.74 Å². The van der Waals surface area contributed by atoms with Crippen LogP contribution >= 0.6 is 0 Å². The maximum atomic E-state index is 14.1. The highest BCUT2D eigenvalue weighted by molar-refractivity contribution is 5.56. The fourth-order valence-electron chi connectivity index (χ4n) is 2.59. The third-order valence-corrected chi connectivity index (χ3v) is 3.24. The summed E-state index contributed by atoms with van der Waals surface area (Å²) in [4.78, 5) is 2.05. The molecule has 18 heavy (non-hydrogen) atoms. The largest absolute Gasteiger partial charge is 0.372 e. The van der Waals surface area contributed by atoms with Gasteiger partial charge in [0, 0.05) is 19.1 Å². The van der Waals surface area contributed by atoms with Gasteiger partial charge in [0.1, 0.15) is 5.82 Å². The zero-order valence-corrected chi connectivity index (χ0v) is 11.2. The highest BCUT2D eigenvalue weighted by Gasteiger charge is 2.26. The second kappa shape index (κ2) is 5.24. The zero-order valence-electron chi connectivity index (χ0n) is 11.2. The van der Waals surface area contributed by atoms with Crippen molar-refractivity contribution >= 4 is 5.69 Å². The molecule has 0 saturated carbocycles. The van der Waals surface area contributed by atoms with Gasteiger partial charge in [-0.25, -0.2) is 4.39 Å². The first-order valence-electron chi connectivity index (χ1n) is 6.43. The van der Waals surface area contributed by atoms with Crippen LogP contribution in [0.15, 0.2) is 18.2 Å². The van der Waals surface area contributed by atoms with E-state index in [1.54, 1.807) is 6.07 Å². The number of ether oxygens (including phenoxy) is 1. The molecule has 4 heteroatoms. The number of rotatable bonds is 2. The molecule has 0 radical (unpaired) electrons. The number of benzene rings is 1. The van der Waals surface area contributed by atoms with Crippen molar-refractivity contribution in [3.8, 4) is 0 Å². The summed E-state index contributed by atoms with van der Waals surface area (Å²) in [5.74, 6) is -0.203. The summed E-state index contributed by atoms with van der Waals surface area (Å²) in [6, 6.07) is 4.93. The normalized spacial score (nSPS) is 26.2. The van der Waals surface area contributed by atoms with E-state index in [0.717, 1.165) is 5.56 Å². The number of anilines is 1. The van der Waals surface area contributed by atoms with Gasteiger partial charge in [-0.15, -0.1) is 0 Å². The number of hydrogen-bond donors (Lipinski definition) is 1. The van der Waals surface area contributed by atoms with E-state index in [-0.39, 0.29) is 24.1 Å². The monoisotopic (exact) mass is 252 g/mol. The van der Waals surface area contributed by atoms with Crippen LogP contribution in [0.25, 0.3) is 0 Å². The van der Waals surface area contributed by atoms with Crippen molar-refractivity contribution in [1.29, 1.82) is 0 Å². The SMILES string of the molecule is CC1CN(c2c(F)cccc2[C@@H](C)N)CC(C)O1. The average Bonchev–Trinajstić information content (AvgIpc) is 2.26. The summed E-state index contributed by atoms with van der Waals surface area (Å²) in [7, 11) is 0. The maximum absolute atomic E-state index is 14.1. The molecule has 2 unspecified atom stereocenters. The number of nitrogens with two attached hydrogens (primary N) is 1. The zero-order chi connectivity index (χ0) is 13.3. The van der Waals surface area contributed by atoms with Gasteiger partial charge in [-0.1, -0.05) is 12.1 Å². The summed E-state index contributed by atoms with van der Waals surface area (Å²) in [5.41, 5.74) is 7.43. The van der Waals surface area contributed by atoms with Crippen molar-refractivity contribution in [2.45, 2.75) is 39.0 Å². The van der Waals surface area contributed by atoms with E-state index < -0.39 is 0 Å². The van der Waals surface area contributed by atoms with Crippen LogP contribution in [0.1, 0.15) is 32.4 Å². The average molecular weight is 252 g/mol. The fourth-order valence-corrected chi connectivity index (χ4v) is 2.59. The Balaban J connectivity index is 2.37. The Labute approximate surface area is 108 Å². The van der Waals surface area contributed by atoms with E-state index in [4.69, 9.17) is 10.5 Å². The molecule has 1 aromatic carbocycles. The van der Waals surface area contributed by atoms with E-state index in [9.17, 15) is 4.39 Å². The van der Waals surface area contributed by atoms with Gasteiger partial charge in [-0.2, -0.15) is 0 Å². The van der Waals surface area contributed by atoms with Crippen molar-refractivity contribution in [1.82, 2.24) is 0 Å². The van der Waals surface area contributed by atoms with E-state index >= 15 is 0 Å². The Kier molecular flexibility index (Phi) is 3.88. The number of halogens is 1. The molecule has 1 saturated heterocycles. The number of nitrogens with zero attached hydrogens (tertiary/aromatic N) is 1.